The van der Waals surface area contributed by atoms with Gasteiger partial charge in [-0.15, -0.1) is 0 Å². The van der Waals surface area contributed by atoms with Crippen molar-refractivity contribution in [2.24, 2.45) is 0 Å². The predicted octanol–water partition coefficient (Wildman–Crippen LogP) is 4.21. The maximum absolute atomic E-state index is 13.0. The van der Waals surface area contributed by atoms with E-state index in [1.54, 1.807) is 13.0 Å². The van der Waals surface area contributed by atoms with Crippen LogP contribution in [0.15, 0.2) is 42.5 Å². The fourth-order valence-electron chi connectivity index (χ4n) is 2.30. The molecule has 1 N–H and O–H groups in total. The number of amides is 1. The van der Waals surface area contributed by atoms with Crippen molar-refractivity contribution in [1.82, 2.24) is 0 Å². The fourth-order valence-corrected chi connectivity index (χ4v) is 2.30. The number of nitrogens with one attached hydrogen (secondary N) is 1. The number of hydrogen-bond donors (Lipinski definition) is 1. The molecule has 0 aromatic heterocycles. The fraction of sp³-hybridized carbons (Fsp3) is 0.263. The highest BCUT2D eigenvalue weighted by Gasteiger charge is 2.34. The zero-order valence-electron chi connectivity index (χ0n) is 14.9. The van der Waals surface area contributed by atoms with Gasteiger partial charge in [-0.3, -0.25) is 4.79 Å². The van der Waals surface area contributed by atoms with Crippen LogP contribution in [0.1, 0.15) is 28.4 Å². The lowest BCUT2D eigenvalue weighted by molar-refractivity contribution is -0.137. The molecule has 144 valence electrons. The Morgan fingerprint density at radius 3 is 2.41 bits per heavy atom. The van der Waals surface area contributed by atoms with Gasteiger partial charge in [0.2, 0.25) is 0 Å². The summed E-state index contributed by atoms with van der Waals surface area (Å²) < 4.78 is 49.1. The van der Waals surface area contributed by atoms with Gasteiger partial charge in [0.15, 0.2) is 6.10 Å². The topological polar surface area (TPSA) is 64.6 Å². The summed E-state index contributed by atoms with van der Waals surface area (Å²) in [6, 6.07) is 9.17. The average Bonchev–Trinajstić information content (AvgIpc) is 2.61. The number of hydrogen-bond acceptors (Lipinski definition) is 4. The van der Waals surface area contributed by atoms with E-state index in [0.29, 0.717) is 5.75 Å². The van der Waals surface area contributed by atoms with Crippen molar-refractivity contribution < 1.29 is 32.2 Å². The lowest BCUT2D eigenvalue weighted by Gasteiger charge is -2.17. The van der Waals surface area contributed by atoms with Crippen LogP contribution in [0.4, 0.5) is 18.9 Å². The van der Waals surface area contributed by atoms with Gasteiger partial charge in [0.1, 0.15) is 5.75 Å². The summed E-state index contributed by atoms with van der Waals surface area (Å²) in [6.07, 6.45) is -5.92. The second-order valence-electron chi connectivity index (χ2n) is 5.76. The second kappa shape index (κ2) is 8.11. The van der Waals surface area contributed by atoms with Crippen molar-refractivity contribution in [1.29, 1.82) is 0 Å². The van der Waals surface area contributed by atoms with Crippen LogP contribution in [0.5, 0.6) is 5.75 Å². The zero-order chi connectivity index (χ0) is 20.2. The van der Waals surface area contributed by atoms with Crippen molar-refractivity contribution in [2.75, 3.05) is 12.4 Å². The predicted molar refractivity (Wildman–Crippen MR) is 92.7 cm³/mol. The molecule has 0 radical (unpaired) electrons. The molecule has 1 amide bonds. The summed E-state index contributed by atoms with van der Waals surface area (Å²) in [5, 5.41) is 2.14. The van der Waals surface area contributed by atoms with Crippen molar-refractivity contribution in [2.45, 2.75) is 26.1 Å². The summed E-state index contributed by atoms with van der Waals surface area (Å²) in [5.74, 6) is -1.19. The van der Waals surface area contributed by atoms with Crippen LogP contribution < -0.4 is 10.1 Å². The minimum atomic E-state index is -4.62. The lowest BCUT2D eigenvalue weighted by atomic mass is 10.1. The van der Waals surface area contributed by atoms with E-state index in [1.165, 1.54) is 38.3 Å². The first-order valence-electron chi connectivity index (χ1n) is 7.96. The van der Waals surface area contributed by atoms with E-state index in [-0.39, 0.29) is 5.56 Å². The average molecular weight is 381 g/mol. The van der Waals surface area contributed by atoms with Crippen LogP contribution in [-0.2, 0) is 15.7 Å². The molecule has 5 nitrogen and oxygen atoms in total. The maximum Gasteiger partial charge on any atom is 0.418 e. The number of carbonyl (C=O) groups is 2. The van der Waals surface area contributed by atoms with Crippen LogP contribution in [0.25, 0.3) is 0 Å². The molecule has 0 aliphatic rings. The number of methoxy groups -OCH3 is 1. The maximum atomic E-state index is 13.0. The van der Waals surface area contributed by atoms with E-state index in [1.807, 2.05) is 0 Å². The number of rotatable bonds is 5. The normalized spacial score (nSPS) is 12.2. The van der Waals surface area contributed by atoms with Gasteiger partial charge >= 0.3 is 12.1 Å². The molecule has 2 rings (SSSR count). The van der Waals surface area contributed by atoms with Crippen LogP contribution in [-0.4, -0.2) is 25.1 Å². The summed E-state index contributed by atoms with van der Waals surface area (Å²) in [6.45, 7) is 3.07. The van der Waals surface area contributed by atoms with Crippen LogP contribution in [0.2, 0.25) is 0 Å². The van der Waals surface area contributed by atoms with E-state index in [0.717, 1.165) is 17.7 Å². The Hall–Kier alpha value is -3.03. The highest BCUT2D eigenvalue weighted by atomic mass is 19.4. The Bertz CT molecular complexity index is 849. The molecule has 2 aromatic rings. The van der Waals surface area contributed by atoms with Gasteiger partial charge in [0.05, 0.1) is 23.9 Å². The number of esters is 1. The molecule has 1 atom stereocenters. The SMILES string of the molecule is COc1cc(C(=O)O[C@H](C)C(=O)Nc2ccccc2C(F)(F)F)ccc1C. The van der Waals surface area contributed by atoms with E-state index >= 15 is 0 Å². The molecule has 0 saturated heterocycles. The second-order valence-corrected chi connectivity index (χ2v) is 5.76. The zero-order valence-corrected chi connectivity index (χ0v) is 14.9. The third-order valence-corrected chi connectivity index (χ3v) is 3.79. The molecular formula is C19H18F3NO4. The molecule has 0 heterocycles. The number of aryl methyl sites for hydroxylation is 1. The first-order chi connectivity index (χ1) is 12.6. The smallest absolute Gasteiger partial charge is 0.418 e. The molecule has 0 spiro atoms. The Morgan fingerprint density at radius 1 is 1.11 bits per heavy atom. The van der Waals surface area contributed by atoms with Crippen LogP contribution in [0.3, 0.4) is 0 Å². The molecule has 0 fully saturated rings. The summed E-state index contributed by atoms with van der Waals surface area (Å²) in [7, 11) is 1.45. The molecule has 8 heteroatoms. The standard InChI is InChI=1S/C19H18F3NO4/c1-11-8-9-13(10-16(11)26-3)18(25)27-12(2)17(24)23-15-7-5-4-6-14(15)19(20,21)22/h4-10,12H,1-3H3,(H,23,24)/t12-/m1/s1. The van der Waals surface area contributed by atoms with Crippen molar-refractivity contribution in [3.05, 3.63) is 59.2 Å². The highest BCUT2D eigenvalue weighted by Crippen LogP contribution is 2.34. The van der Waals surface area contributed by atoms with Crippen molar-refractivity contribution in [3.8, 4) is 5.75 Å². The quantitative estimate of drug-likeness (QED) is 0.789. The van der Waals surface area contributed by atoms with E-state index in [9.17, 15) is 22.8 Å². The van der Waals surface area contributed by atoms with Gasteiger partial charge < -0.3 is 14.8 Å². The van der Waals surface area contributed by atoms with Gasteiger partial charge in [-0.1, -0.05) is 18.2 Å². The Morgan fingerprint density at radius 2 is 1.78 bits per heavy atom. The van der Waals surface area contributed by atoms with Gasteiger partial charge in [-0.2, -0.15) is 13.2 Å². The summed E-state index contributed by atoms with van der Waals surface area (Å²) in [4.78, 5) is 24.3. The first-order valence-corrected chi connectivity index (χ1v) is 7.96. The van der Waals surface area contributed by atoms with E-state index in [4.69, 9.17) is 9.47 Å². The minimum Gasteiger partial charge on any atom is -0.496 e. The van der Waals surface area contributed by atoms with Crippen molar-refractivity contribution >= 4 is 17.6 Å². The highest BCUT2D eigenvalue weighted by molar-refractivity contribution is 5.98. The minimum absolute atomic E-state index is 0.160. The summed E-state index contributed by atoms with van der Waals surface area (Å²) in [5.41, 5.74) is -0.425. The van der Waals surface area contributed by atoms with Crippen LogP contribution in [0, 0.1) is 6.92 Å². The monoisotopic (exact) mass is 381 g/mol. The molecular weight excluding hydrogens is 363 g/mol. The molecule has 0 aliphatic heterocycles. The number of benzene rings is 2. The number of halogens is 3. The molecule has 0 aliphatic carbocycles. The number of anilines is 1. The van der Waals surface area contributed by atoms with Gasteiger partial charge in [-0.25, -0.2) is 4.79 Å². The Labute approximate surface area is 154 Å². The third-order valence-electron chi connectivity index (χ3n) is 3.79. The molecule has 0 unspecified atom stereocenters. The number of carbonyl (C=O) groups excluding carboxylic acids is 2. The molecule has 0 saturated carbocycles. The van der Waals surface area contributed by atoms with Gasteiger partial charge in [-0.05, 0) is 43.7 Å². The summed E-state index contributed by atoms with van der Waals surface area (Å²) >= 11 is 0. The van der Waals surface area contributed by atoms with E-state index < -0.39 is 35.4 Å². The van der Waals surface area contributed by atoms with Gasteiger partial charge in [0, 0.05) is 0 Å². The van der Waals surface area contributed by atoms with Gasteiger partial charge in [0.25, 0.3) is 5.91 Å². The third kappa shape index (κ3) is 4.99. The van der Waals surface area contributed by atoms with Crippen molar-refractivity contribution in [3.63, 3.8) is 0 Å². The number of ether oxygens (including phenoxy) is 2. The molecule has 27 heavy (non-hydrogen) atoms. The largest absolute Gasteiger partial charge is 0.496 e. The molecule has 2 aromatic carbocycles. The van der Waals surface area contributed by atoms with E-state index in [2.05, 4.69) is 5.32 Å². The Kier molecular flexibility index (Phi) is 6.09. The first kappa shape index (κ1) is 20.3. The Balaban J connectivity index is 2.09. The number of para-hydroxylation sites is 1. The number of alkyl halides is 3. The van der Waals surface area contributed by atoms with Crippen LogP contribution >= 0.6 is 0 Å². The molecule has 0 bridgehead atoms. The lowest BCUT2D eigenvalue weighted by Crippen LogP contribution is -2.30.